The lowest BCUT2D eigenvalue weighted by Gasteiger charge is -2.32. The van der Waals surface area contributed by atoms with Crippen molar-refractivity contribution in [2.45, 2.75) is 141 Å². The molecule has 1 saturated heterocycles. The first-order valence-electron chi connectivity index (χ1n) is 18.5. The van der Waals surface area contributed by atoms with E-state index in [2.05, 4.69) is 21.1 Å². The molecule has 3 fully saturated rings. The molecule has 276 valence electrons. The van der Waals surface area contributed by atoms with E-state index in [0.29, 0.717) is 54.7 Å². The van der Waals surface area contributed by atoms with Gasteiger partial charge in [-0.1, -0.05) is 63.2 Å². The number of hydrogen-bond acceptors (Lipinski definition) is 8. The fraction of sp³-hybridized carbons (Fsp3) is 0.703. The van der Waals surface area contributed by atoms with Crippen LogP contribution in [-0.4, -0.2) is 88.4 Å². The molecule has 4 amide bonds. The smallest absolute Gasteiger partial charge is 0.251 e. The first-order chi connectivity index (χ1) is 23.9. The number of amides is 4. The highest BCUT2D eigenvalue weighted by molar-refractivity contribution is 6.32. The van der Waals surface area contributed by atoms with Gasteiger partial charge in [-0.05, 0) is 69.1 Å². The number of benzene rings is 1. The predicted octanol–water partition coefficient (Wildman–Crippen LogP) is 4.24. The molecule has 0 bridgehead atoms. The van der Waals surface area contributed by atoms with Gasteiger partial charge in [-0.2, -0.15) is 0 Å². The van der Waals surface area contributed by atoms with Crippen LogP contribution in [0.5, 0.6) is 5.75 Å². The molecule has 2 saturated carbocycles. The summed E-state index contributed by atoms with van der Waals surface area (Å²) in [4.78, 5) is 62.2. The second kappa shape index (κ2) is 16.8. The molecule has 50 heavy (non-hydrogen) atoms. The number of halogens is 1. The molecule has 1 unspecified atom stereocenters. The largest absolute Gasteiger partial charge is 0.492 e. The molecular formula is C37H54ClN5O7. The number of oxime groups is 1. The Morgan fingerprint density at radius 2 is 1.84 bits per heavy atom. The number of aliphatic hydroxyl groups is 1. The van der Waals surface area contributed by atoms with Gasteiger partial charge in [0.25, 0.3) is 5.91 Å². The summed E-state index contributed by atoms with van der Waals surface area (Å²) in [6.07, 6.45) is 7.51. The maximum absolute atomic E-state index is 14.4. The lowest BCUT2D eigenvalue weighted by molar-refractivity contribution is -0.143. The van der Waals surface area contributed by atoms with Crippen LogP contribution in [0.3, 0.4) is 0 Å². The maximum Gasteiger partial charge on any atom is 0.251 e. The molecule has 4 N–H and O–H groups in total. The van der Waals surface area contributed by atoms with Crippen molar-refractivity contribution in [1.29, 1.82) is 0 Å². The SMILES string of the molecule is CCC[C@H](NC(=O)[C@@H]1C[C@]2(CC(c3ccc(OCC)c(Cl)c3)=NO2)CN1C(=O)[C@@H](NC(=O)CC1CCCCC1)C(C)C)C(O)C(=O)NC1CC1. The molecular weight excluding hydrogens is 662 g/mol. The second-order valence-corrected chi connectivity index (χ2v) is 15.3. The zero-order valence-electron chi connectivity index (χ0n) is 29.8. The molecule has 5 atom stereocenters. The van der Waals surface area contributed by atoms with Gasteiger partial charge in [-0.15, -0.1) is 0 Å². The molecule has 12 nitrogen and oxygen atoms in total. The monoisotopic (exact) mass is 715 g/mol. The van der Waals surface area contributed by atoms with Gasteiger partial charge in [0, 0.05) is 30.9 Å². The highest BCUT2D eigenvalue weighted by atomic mass is 35.5. The Labute approximate surface area is 300 Å². The zero-order valence-corrected chi connectivity index (χ0v) is 30.6. The summed E-state index contributed by atoms with van der Waals surface area (Å²) in [5.74, 6) is -0.950. The number of hydrogen-bond donors (Lipinski definition) is 4. The minimum atomic E-state index is -1.44. The number of rotatable bonds is 15. The van der Waals surface area contributed by atoms with Crippen LogP contribution in [0.15, 0.2) is 23.4 Å². The van der Waals surface area contributed by atoms with E-state index in [1.807, 2.05) is 33.8 Å². The van der Waals surface area contributed by atoms with Gasteiger partial charge in [0.15, 0.2) is 11.7 Å². The first-order valence-corrected chi connectivity index (χ1v) is 18.9. The number of ether oxygens (including phenoxy) is 1. The van der Waals surface area contributed by atoms with Gasteiger partial charge in [0.2, 0.25) is 17.7 Å². The van der Waals surface area contributed by atoms with E-state index >= 15 is 0 Å². The summed E-state index contributed by atoms with van der Waals surface area (Å²) < 4.78 is 5.58. The summed E-state index contributed by atoms with van der Waals surface area (Å²) in [6.45, 7) is 8.07. The summed E-state index contributed by atoms with van der Waals surface area (Å²) in [5.41, 5.74) is 0.359. The lowest BCUT2D eigenvalue weighted by Crippen LogP contribution is -2.58. The number of carbonyl (C=O) groups excluding carboxylic acids is 4. The standard InChI is InChI=1S/C37H54ClN5O7/c1-5-10-27(33(45)35(47)39-25-14-15-25)40-34(46)29-20-37(19-28(42-50-37)24-13-16-30(49-6-2)26(38)18-24)21-43(29)36(48)32(22(3)4)41-31(44)17-23-11-8-7-9-12-23/h13,16,18,22-23,25,27,29,32-33,45H,5-12,14-15,17,19-21H2,1-4H3,(H,39,47)(H,40,46)(H,41,44)/t27-,29-,32-,33?,37+/m0/s1. The molecule has 0 aromatic heterocycles. The van der Waals surface area contributed by atoms with Gasteiger partial charge >= 0.3 is 0 Å². The van der Waals surface area contributed by atoms with E-state index < -0.39 is 41.6 Å². The lowest BCUT2D eigenvalue weighted by atomic mass is 9.86. The molecule has 1 aromatic carbocycles. The van der Waals surface area contributed by atoms with E-state index in [0.717, 1.165) is 44.1 Å². The third kappa shape index (κ3) is 9.29. The average Bonchev–Trinajstić information content (AvgIpc) is 3.68. The van der Waals surface area contributed by atoms with E-state index in [1.165, 1.54) is 11.3 Å². The van der Waals surface area contributed by atoms with Crippen molar-refractivity contribution in [2.24, 2.45) is 17.0 Å². The van der Waals surface area contributed by atoms with Gasteiger partial charge in [-0.3, -0.25) is 19.2 Å². The van der Waals surface area contributed by atoms with Crippen molar-refractivity contribution in [1.82, 2.24) is 20.9 Å². The molecule has 0 radical (unpaired) electrons. The van der Waals surface area contributed by atoms with Crippen LogP contribution in [0.1, 0.15) is 110 Å². The second-order valence-electron chi connectivity index (χ2n) is 14.9. The molecule has 5 rings (SSSR count). The highest BCUT2D eigenvalue weighted by Crippen LogP contribution is 2.40. The van der Waals surface area contributed by atoms with Crippen molar-refractivity contribution < 1.29 is 33.9 Å². The van der Waals surface area contributed by atoms with Crippen LogP contribution in [0.2, 0.25) is 5.02 Å². The van der Waals surface area contributed by atoms with Crippen molar-refractivity contribution >= 4 is 40.9 Å². The number of aliphatic hydroxyl groups excluding tert-OH is 1. The van der Waals surface area contributed by atoms with Crippen molar-refractivity contribution in [3.63, 3.8) is 0 Å². The number of nitrogens with zero attached hydrogens (tertiary/aromatic N) is 2. The number of nitrogens with one attached hydrogen (secondary N) is 3. The van der Waals surface area contributed by atoms with E-state index in [4.69, 9.17) is 21.2 Å². The van der Waals surface area contributed by atoms with Gasteiger partial charge < -0.3 is 35.5 Å². The van der Waals surface area contributed by atoms with Crippen molar-refractivity contribution in [3.05, 3.63) is 28.8 Å². The zero-order chi connectivity index (χ0) is 36.0. The van der Waals surface area contributed by atoms with Crippen LogP contribution in [0, 0.1) is 11.8 Å². The Morgan fingerprint density at radius 1 is 1.10 bits per heavy atom. The van der Waals surface area contributed by atoms with Crippen molar-refractivity contribution in [2.75, 3.05) is 13.2 Å². The van der Waals surface area contributed by atoms with E-state index in [9.17, 15) is 24.3 Å². The Kier molecular flexibility index (Phi) is 12.7. The normalized spacial score (nSPS) is 23.9. The minimum Gasteiger partial charge on any atom is -0.492 e. The molecule has 2 aliphatic carbocycles. The minimum absolute atomic E-state index is 0.0539. The predicted molar refractivity (Wildman–Crippen MR) is 190 cm³/mol. The summed E-state index contributed by atoms with van der Waals surface area (Å²) in [7, 11) is 0. The molecule has 2 heterocycles. The maximum atomic E-state index is 14.4. The molecule has 1 aromatic rings. The van der Waals surface area contributed by atoms with Crippen molar-refractivity contribution in [3.8, 4) is 5.75 Å². The quantitative estimate of drug-likeness (QED) is 0.212. The molecule has 4 aliphatic rings. The third-order valence-corrected chi connectivity index (χ3v) is 10.6. The first kappa shape index (κ1) is 37.9. The fourth-order valence-corrected chi connectivity index (χ4v) is 7.65. The van der Waals surface area contributed by atoms with Crippen LogP contribution < -0.4 is 20.7 Å². The Morgan fingerprint density at radius 3 is 2.48 bits per heavy atom. The molecule has 13 heteroatoms. The highest BCUT2D eigenvalue weighted by Gasteiger charge is 2.55. The Balaban J connectivity index is 1.36. The summed E-state index contributed by atoms with van der Waals surface area (Å²) >= 11 is 6.48. The summed E-state index contributed by atoms with van der Waals surface area (Å²) in [6, 6.07) is 2.74. The summed E-state index contributed by atoms with van der Waals surface area (Å²) in [5, 5.41) is 24.5. The average molecular weight is 716 g/mol. The topological polar surface area (TPSA) is 159 Å². The fourth-order valence-electron chi connectivity index (χ4n) is 7.41. The number of carbonyl (C=O) groups is 4. The van der Waals surface area contributed by atoms with Gasteiger partial charge in [-0.25, -0.2) is 0 Å². The van der Waals surface area contributed by atoms with E-state index in [-0.39, 0.29) is 36.7 Å². The van der Waals surface area contributed by atoms with Crippen LogP contribution >= 0.6 is 11.6 Å². The third-order valence-electron chi connectivity index (χ3n) is 10.3. The van der Waals surface area contributed by atoms with E-state index in [1.54, 1.807) is 12.1 Å². The van der Waals surface area contributed by atoms with Crippen LogP contribution in [-0.2, 0) is 24.0 Å². The Hall–Kier alpha value is -3.38. The molecule has 1 spiro atoms. The van der Waals surface area contributed by atoms with Gasteiger partial charge in [0.05, 0.1) is 29.9 Å². The molecule has 2 aliphatic heterocycles. The van der Waals surface area contributed by atoms with Gasteiger partial charge in [0.1, 0.15) is 17.8 Å². The van der Waals surface area contributed by atoms with Crippen LogP contribution in [0.25, 0.3) is 0 Å². The van der Waals surface area contributed by atoms with Crippen LogP contribution in [0.4, 0.5) is 0 Å². The Bertz CT molecular complexity index is 1430. The number of likely N-dealkylation sites (tertiary alicyclic amines) is 1.